The van der Waals surface area contributed by atoms with E-state index in [1.54, 1.807) is 11.8 Å². The van der Waals surface area contributed by atoms with Crippen LogP contribution in [0.25, 0.3) is 0 Å². The second-order valence-electron chi connectivity index (χ2n) is 4.44. The van der Waals surface area contributed by atoms with Crippen LogP contribution in [-0.2, 0) is 4.79 Å². The molecule has 0 heterocycles. The summed E-state index contributed by atoms with van der Waals surface area (Å²) in [6.07, 6.45) is 0.579. The highest BCUT2D eigenvalue weighted by molar-refractivity contribution is 5.73. The van der Waals surface area contributed by atoms with Crippen LogP contribution >= 0.6 is 0 Å². The molecule has 0 aliphatic rings. The minimum absolute atomic E-state index is 0.111. The zero-order valence-electron chi connectivity index (χ0n) is 10.3. The van der Waals surface area contributed by atoms with Crippen LogP contribution < -0.4 is 4.90 Å². The van der Waals surface area contributed by atoms with Crippen LogP contribution in [0, 0.1) is 0 Å². The van der Waals surface area contributed by atoms with Gasteiger partial charge in [-0.15, -0.1) is 0 Å². The lowest BCUT2D eigenvalue weighted by molar-refractivity contribution is -0.135. The standard InChI is InChI=1S/C13H19NO3/c1-3-13(2,17)10-14(9-12(15)16)11-7-5-4-6-8-11/h4-8,17H,3,9-10H2,1-2H3,(H,15,16). The first-order valence-corrected chi connectivity index (χ1v) is 5.69. The lowest BCUT2D eigenvalue weighted by atomic mass is 10.0. The molecular weight excluding hydrogens is 218 g/mol. The number of nitrogens with zero attached hydrogens (tertiary/aromatic N) is 1. The number of anilines is 1. The lowest BCUT2D eigenvalue weighted by Crippen LogP contribution is -2.42. The Morgan fingerprint density at radius 1 is 1.35 bits per heavy atom. The van der Waals surface area contributed by atoms with Crippen molar-refractivity contribution in [2.45, 2.75) is 25.9 Å². The number of benzene rings is 1. The molecule has 1 atom stereocenters. The Balaban J connectivity index is 2.85. The van der Waals surface area contributed by atoms with Crippen LogP contribution in [0.2, 0.25) is 0 Å². The molecule has 0 amide bonds. The van der Waals surface area contributed by atoms with Crippen molar-refractivity contribution >= 4 is 11.7 Å². The van der Waals surface area contributed by atoms with Gasteiger partial charge in [0.1, 0.15) is 6.54 Å². The zero-order valence-corrected chi connectivity index (χ0v) is 10.3. The van der Waals surface area contributed by atoms with E-state index in [0.717, 1.165) is 5.69 Å². The molecule has 0 saturated heterocycles. The number of carboxylic acid groups (broad SMARTS) is 1. The molecule has 4 heteroatoms. The fourth-order valence-corrected chi connectivity index (χ4v) is 1.56. The van der Waals surface area contributed by atoms with Gasteiger partial charge in [0.2, 0.25) is 0 Å². The monoisotopic (exact) mass is 237 g/mol. The Morgan fingerprint density at radius 3 is 2.41 bits per heavy atom. The van der Waals surface area contributed by atoms with Crippen LogP contribution in [0.5, 0.6) is 0 Å². The molecular formula is C13H19NO3. The molecule has 0 radical (unpaired) electrons. The summed E-state index contributed by atoms with van der Waals surface area (Å²) in [5.41, 5.74) is -0.0747. The predicted octanol–water partition coefficient (Wildman–Crippen LogP) is 1.74. The summed E-state index contributed by atoms with van der Waals surface area (Å²) in [4.78, 5) is 12.5. The van der Waals surface area contributed by atoms with Crippen molar-refractivity contribution in [3.8, 4) is 0 Å². The van der Waals surface area contributed by atoms with Crippen molar-refractivity contribution in [1.29, 1.82) is 0 Å². The SMILES string of the molecule is CCC(C)(O)CN(CC(=O)O)c1ccccc1. The van der Waals surface area contributed by atoms with Gasteiger partial charge in [-0.2, -0.15) is 0 Å². The fraction of sp³-hybridized carbons (Fsp3) is 0.462. The first-order chi connectivity index (χ1) is 7.94. The summed E-state index contributed by atoms with van der Waals surface area (Å²) in [5, 5.41) is 18.9. The van der Waals surface area contributed by atoms with E-state index in [-0.39, 0.29) is 6.54 Å². The maximum atomic E-state index is 10.8. The van der Waals surface area contributed by atoms with E-state index in [9.17, 15) is 9.90 Å². The van der Waals surface area contributed by atoms with Crippen LogP contribution in [0.4, 0.5) is 5.69 Å². The third-order valence-corrected chi connectivity index (χ3v) is 2.74. The molecule has 1 unspecified atom stereocenters. The lowest BCUT2D eigenvalue weighted by Gasteiger charge is -2.31. The summed E-state index contributed by atoms with van der Waals surface area (Å²) in [5.74, 6) is -0.902. The van der Waals surface area contributed by atoms with E-state index >= 15 is 0 Å². The van der Waals surface area contributed by atoms with Crippen molar-refractivity contribution < 1.29 is 15.0 Å². The van der Waals surface area contributed by atoms with Gasteiger partial charge >= 0.3 is 5.97 Å². The summed E-state index contributed by atoms with van der Waals surface area (Å²) in [6, 6.07) is 9.26. The molecule has 4 nitrogen and oxygen atoms in total. The van der Waals surface area contributed by atoms with Gasteiger partial charge in [0, 0.05) is 12.2 Å². The molecule has 0 saturated carbocycles. The summed E-state index contributed by atoms with van der Waals surface area (Å²) in [6.45, 7) is 3.79. The van der Waals surface area contributed by atoms with Gasteiger partial charge in [0.05, 0.1) is 5.60 Å². The number of rotatable bonds is 6. The molecule has 17 heavy (non-hydrogen) atoms. The Morgan fingerprint density at radius 2 is 1.94 bits per heavy atom. The van der Waals surface area contributed by atoms with Crippen molar-refractivity contribution in [3.63, 3.8) is 0 Å². The number of hydrogen-bond acceptors (Lipinski definition) is 3. The number of carboxylic acids is 1. The van der Waals surface area contributed by atoms with E-state index in [1.165, 1.54) is 0 Å². The fourth-order valence-electron chi connectivity index (χ4n) is 1.56. The third-order valence-electron chi connectivity index (χ3n) is 2.74. The molecule has 0 fully saturated rings. The topological polar surface area (TPSA) is 60.8 Å². The average Bonchev–Trinajstić information content (AvgIpc) is 2.28. The molecule has 1 aromatic rings. The van der Waals surface area contributed by atoms with Crippen molar-refractivity contribution in [1.82, 2.24) is 0 Å². The summed E-state index contributed by atoms with van der Waals surface area (Å²) >= 11 is 0. The van der Waals surface area contributed by atoms with E-state index < -0.39 is 11.6 Å². The Labute approximate surface area is 101 Å². The van der Waals surface area contributed by atoms with Crippen molar-refractivity contribution in [2.75, 3.05) is 18.0 Å². The number of aliphatic carboxylic acids is 1. The first-order valence-electron chi connectivity index (χ1n) is 5.69. The van der Waals surface area contributed by atoms with E-state index in [2.05, 4.69) is 0 Å². The van der Waals surface area contributed by atoms with E-state index in [1.807, 2.05) is 37.3 Å². The highest BCUT2D eigenvalue weighted by atomic mass is 16.4. The van der Waals surface area contributed by atoms with Gasteiger partial charge in [0.25, 0.3) is 0 Å². The van der Waals surface area contributed by atoms with Crippen LogP contribution in [0.1, 0.15) is 20.3 Å². The first kappa shape index (κ1) is 13.5. The molecule has 0 bridgehead atoms. The smallest absolute Gasteiger partial charge is 0.323 e. The van der Waals surface area contributed by atoms with Crippen molar-refractivity contribution in [2.24, 2.45) is 0 Å². The number of hydrogen-bond donors (Lipinski definition) is 2. The van der Waals surface area contributed by atoms with Gasteiger partial charge in [-0.3, -0.25) is 4.79 Å². The van der Waals surface area contributed by atoms with Gasteiger partial charge in [0.15, 0.2) is 0 Å². The normalized spacial score (nSPS) is 14.1. The minimum atomic E-state index is -0.902. The Hall–Kier alpha value is -1.55. The summed E-state index contributed by atoms with van der Waals surface area (Å²) < 4.78 is 0. The number of para-hydroxylation sites is 1. The van der Waals surface area contributed by atoms with Crippen LogP contribution in [-0.4, -0.2) is 34.9 Å². The highest BCUT2D eigenvalue weighted by Gasteiger charge is 2.23. The summed E-state index contributed by atoms with van der Waals surface area (Å²) in [7, 11) is 0. The number of aliphatic hydroxyl groups is 1. The molecule has 94 valence electrons. The Bertz CT molecular complexity index is 362. The average molecular weight is 237 g/mol. The zero-order chi connectivity index (χ0) is 12.9. The molecule has 1 rings (SSSR count). The third kappa shape index (κ3) is 4.44. The molecule has 1 aromatic carbocycles. The quantitative estimate of drug-likeness (QED) is 0.791. The van der Waals surface area contributed by atoms with E-state index in [4.69, 9.17) is 5.11 Å². The molecule has 0 spiro atoms. The molecule has 0 aliphatic carbocycles. The van der Waals surface area contributed by atoms with Crippen molar-refractivity contribution in [3.05, 3.63) is 30.3 Å². The molecule has 0 aromatic heterocycles. The van der Waals surface area contributed by atoms with Crippen LogP contribution in [0.3, 0.4) is 0 Å². The molecule has 2 N–H and O–H groups in total. The minimum Gasteiger partial charge on any atom is -0.480 e. The second kappa shape index (κ2) is 5.68. The Kier molecular flexibility index (Phi) is 4.52. The van der Waals surface area contributed by atoms with Gasteiger partial charge in [-0.25, -0.2) is 0 Å². The maximum absolute atomic E-state index is 10.8. The second-order valence-corrected chi connectivity index (χ2v) is 4.44. The van der Waals surface area contributed by atoms with Gasteiger partial charge in [-0.05, 0) is 25.5 Å². The molecule has 0 aliphatic heterocycles. The van der Waals surface area contributed by atoms with Gasteiger partial charge in [-0.1, -0.05) is 25.1 Å². The van der Waals surface area contributed by atoms with Crippen LogP contribution in [0.15, 0.2) is 30.3 Å². The number of carbonyl (C=O) groups is 1. The highest BCUT2D eigenvalue weighted by Crippen LogP contribution is 2.18. The van der Waals surface area contributed by atoms with Gasteiger partial charge < -0.3 is 15.1 Å². The largest absolute Gasteiger partial charge is 0.480 e. The maximum Gasteiger partial charge on any atom is 0.323 e. The predicted molar refractivity (Wildman–Crippen MR) is 67.2 cm³/mol. The van der Waals surface area contributed by atoms with E-state index in [0.29, 0.717) is 13.0 Å².